The summed E-state index contributed by atoms with van der Waals surface area (Å²) in [6, 6.07) is 21.6. The van der Waals surface area contributed by atoms with Gasteiger partial charge in [-0.3, -0.25) is 13.9 Å². The number of carbonyl (C=O) groups is 2. The number of amides is 2. The average Bonchev–Trinajstić information content (AvgIpc) is 2.96. The van der Waals surface area contributed by atoms with Crippen LogP contribution in [0.15, 0.2) is 83.8 Å². The first kappa shape index (κ1) is 29.7. The fourth-order valence-corrected chi connectivity index (χ4v) is 5.76. The molecule has 0 bridgehead atoms. The van der Waals surface area contributed by atoms with Crippen LogP contribution in [0.2, 0.25) is 0 Å². The maximum absolute atomic E-state index is 14.0. The summed E-state index contributed by atoms with van der Waals surface area (Å²) in [4.78, 5) is 28.5. The molecule has 0 saturated carbocycles. The Morgan fingerprint density at radius 1 is 0.897 bits per heavy atom. The second kappa shape index (κ2) is 13.8. The molecular weight excluding hydrogens is 514 g/mol. The molecule has 0 spiro atoms. The summed E-state index contributed by atoms with van der Waals surface area (Å²) in [5.41, 5.74) is 2.18. The van der Waals surface area contributed by atoms with Gasteiger partial charge in [0.1, 0.15) is 18.3 Å². The van der Waals surface area contributed by atoms with Gasteiger partial charge < -0.3 is 15.0 Å². The van der Waals surface area contributed by atoms with E-state index in [2.05, 4.69) is 5.32 Å². The first-order valence-corrected chi connectivity index (χ1v) is 14.6. The minimum absolute atomic E-state index is 0.0764. The lowest BCUT2D eigenvalue weighted by Gasteiger charge is -2.33. The van der Waals surface area contributed by atoms with Crippen LogP contribution in [-0.4, -0.2) is 51.4 Å². The van der Waals surface area contributed by atoms with Crippen molar-refractivity contribution in [1.82, 2.24) is 10.2 Å². The molecule has 3 aromatic carbocycles. The Bertz CT molecular complexity index is 1340. The Kier molecular flexibility index (Phi) is 10.5. The Hall–Kier alpha value is -3.85. The zero-order chi connectivity index (χ0) is 28.4. The fraction of sp³-hybridized carbons (Fsp3) is 0.333. The predicted molar refractivity (Wildman–Crippen MR) is 153 cm³/mol. The first-order valence-electron chi connectivity index (χ1n) is 13.1. The van der Waals surface area contributed by atoms with Gasteiger partial charge in [-0.1, -0.05) is 56.3 Å². The van der Waals surface area contributed by atoms with Crippen molar-refractivity contribution in [2.45, 2.75) is 51.1 Å². The summed E-state index contributed by atoms with van der Waals surface area (Å²) in [5.74, 6) is -0.161. The number of nitrogens with one attached hydrogen (secondary N) is 1. The van der Waals surface area contributed by atoms with Gasteiger partial charge in [-0.2, -0.15) is 0 Å². The summed E-state index contributed by atoms with van der Waals surface area (Å²) in [7, 11) is -2.53. The average molecular weight is 552 g/mol. The molecule has 3 rings (SSSR count). The summed E-state index contributed by atoms with van der Waals surface area (Å²) in [5, 5.41) is 2.80. The number of benzene rings is 3. The number of methoxy groups -OCH3 is 1. The van der Waals surface area contributed by atoms with Crippen molar-refractivity contribution in [3.05, 3.63) is 90.0 Å². The van der Waals surface area contributed by atoms with Crippen molar-refractivity contribution < 1.29 is 22.7 Å². The van der Waals surface area contributed by atoms with E-state index in [9.17, 15) is 18.0 Å². The second-order valence-corrected chi connectivity index (χ2v) is 10.9. The van der Waals surface area contributed by atoms with E-state index in [1.165, 1.54) is 17.0 Å². The largest absolute Gasteiger partial charge is 0.497 e. The van der Waals surface area contributed by atoms with E-state index < -0.39 is 28.5 Å². The molecule has 39 heavy (non-hydrogen) atoms. The van der Waals surface area contributed by atoms with Crippen molar-refractivity contribution in [2.24, 2.45) is 0 Å². The van der Waals surface area contributed by atoms with E-state index in [1.54, 1.807) is 49.6 Å². The van der Waals surface area contributed by atoms with Crippen LogP contribution in [0, 0.1) is 0 Å². The van der Waals surface area contributed by atoms with Gasteiger partial charge in [-0.25, -0.2) is 8.42 Å². The number of hydrogen-bond acceptors (Lipinski definition) is 5. The molecule has 0 aromatic heterocycles. The van der Waals surface area contributed by atoms with Crippen molar-refractivity contribution in [1.29, 1.82) is 0 Å². The number of hydrogen-bond donors (Lipinski definition) is 1. The van der Waals surface area contributed by atoms with Gasteiger partial charge in [0, 0.05) is 13.1 Å². The summed E-state index contributed by atoms with van der Waals surface area (Å²) < 4.78 is 34.1. The summed E-state index contributed by atoms with van der Waals surface area (Å²) in [6.07, 6.45) is 1.15. The second-order valence-electron chi connectivity index (χ2n) is 9.04. The van der Waals surface area contributed by atoms with E-state index in [0.29, 0.717) is 24.4 Å². The summed E-state index contributed by atoms with van der Waals surface area (Å²) in [6.45, 7) is 5.71. The van der Waals surface area contributed by atoms with Crippen LogP contribution in [0.3, 0.4) is 0 Å². The Balaban J connectivity index is 2.05. The molecule has 9 heteroatoms. The van der Waals surface area contributed by atoms with Crippen LogP contribution in [-0.2, 0) is 32.6 Å². The third kappa shape index (κ3) is 7.38. The number of nitrogens with zero attached hydrogens (tertiary/aromatic N) is 2. The van der Waals surface area contributed by atoms with E-state index in [0.717, 1.165) is 21.9 Å². The number of sulfonamides is 1. The molecule has 0 fully saturated rings. The molecule has 0 aliphatic rings. The van der Waals surface area contributed by atoms with E-state index in [4.69, 9.17) is 4.74 Å². The van der Waals surface area contributed by atoms with Gasteiger partial charge in [0.15, 0.2) is 0 Å². The van der Waals surface area contributed by atoms with Crippen LogP contribution in [0.25, 0.3) is 0 Å². The molecule has 0 heterocycles. The smallest absolute Gasteiger partial charge is 0.264 e. The highest BCUT2D eigenvalue weighted by molar-refractivity contribution is 7.92. The number of rotatable bonds is 13. The SMILES string of the molecule is CCNC(=O)[C@@H](CC)N(Cc1cccc(OC)c1)C(=O)CN(c1ccc(CC)cc1)S(=O)(=O)c1ccccc1. The molecule has 8 nitrogen and oxygen atoms in total. The topological polar surface area (TPSA) is 96.0 Å². The highest BCUT2D eigenvalue weighted by atomic mass is 32.2. The molecular formula is C30H37N3O5S. The van der Waals surface area contributed by atoms with Crippen LogP contribution in [0.1, 0.15) is 38.3 Å². The van der Waals surface area contributed by atoms with E-state index in [-0.39, 0.29) is 17.3 Å². The Labute approximate surface area is 231 Å². The zero-order valence-corrected chi connectivity index (χ0v) is 23.8. The van der Waals surface area contributed by atoms with Gasteiger partial charge in [0.2, 0.25) is 11.8 Å². The van der Waals surface area contributed by atoms with Crippen LogP contribution < -0.4 is 14.4 Å². The molecule has 3 aromatic rings. The van der Waals surface area contributed by atoms with Gasteiger partial charge in [-0.15, -0.1) is 0 Å². The minimum atomic E-state index is -4.08. The standard InChI is InChI=1S/C30H37N3O5S/c1-5-23-16-18-25(19-17-23)33(39(36,37)27-14-9-8-10-15-27)22-29(34)32(28(6-2)30(35)31-7-3)21-24-12-11-13-26(20-24)38-4/h8-20,28H,5-7,21-22H2,1-4H3,(H,31,35)/t28-/m1/s1. The molecule has 0 aliphatic heterocycles. The van der Waals surface area contributed by atoms with Crippen molar-refractivity contribution in [2.75, 3.05) is 24.5 Å². The fourth-order valence-electron chi connectivity index (χ4n) is 4.33. The quantitative estimate of drug-likeness (QED) is 0.340. The summed E-state index contributed by atoms with van der Waals surface area (Å²) >= 11 is 0. The molecule has 2 amide bonds. The van der Waals surface area contributed by atoms with Crippen molar-refractivity contribution in [3.63, 3.8) is 0 Å². The third-order valence-corrected chi connectivity index (χ3v) is 8.25. The van der Waals surface area contributed by atoms with Crippen LogP contribution >= 0.6 is 0 Å². The van der Waals surface area contributed by atoms with Gasteiger partial charge in [0.25, 0.3) is 10.0 Å². The lowest BCUT2D eigenvalue weighted by atomic mass is 10.1. The monoisotopic (exact) mass is 551 g/mol. The highest BCUT2D eigenvalue weighted by Crippen LogP contribution is 2.25. The zero-order valence-electron chi connectivity index (χ0n) is 23.0. The van der Waals surface area contributed by atoms with Crippen LogP contribution in [0.4, 0.5) is 5.69 Å². The van der Waals surface area contributed by atoms with Gasteiger partial charge in [0.05, 0.1) is 17.7 Å². The van der Waals surface area contributed by atoms with Crippen LogP contribution in [0.5, 0.6) is 5.75 Å². The van der Waals surface area contributed by atoms with E-state index >= 15 is 0 Å². The number of likely N-dealkylation sites (N-methyl/N-ethyl adjacent to an activating group) is 1. The minimum Gasteiger partial charge on any atom is -0.497 e. The maximum atomic E-state index is 14.0. The normalized spacial score (nSPS) is 11.9. The van der Waals surface area contributed by atoms with E-state index in [1.807, 2.05) is 45.0 Å². The number of anilines is 1. The number of ether oxygens (including phenoxy) is 1. The van der Waals surface area contributed by atoms with Crippen molar-refractivity contribution in [3.8, 4) is 5.75 Å². The highest BCUT2D eigenvalue weighted by Gasteiger charge is 2.33. The maximum Gasteiger partial charge on any atom is 0.264 e. The molecule has 1 atom stereocenters. The molecule has 0 aliphatic carbocycles. The predicted octanol–water partition coefficient (Wildman–Crippen LogP) is 4.40. The first-order chi connectivity index (χ1) is 18.7. The number of carbonyl (C=O) groups excluding carboxylic acids is 2. The lowest BCUT2D eigenvalue weighted by molar-refractivity contribution is -0.140. The molecule has 0 saturated heterocycles. The third-order valence-electron chi connectivity index (χ3n) is 6.47. The molecule has 0 radical (unpaired) electrons. The lowest BCUT2D eigenvalue weighted by Crippen LogP contribution is -2.52. The molecule has 208 valence electrons. The van der Waals surface area contributed by atoms with Crippen molar-refractivity contribution >= 4 is 27.5 Å². The van der Waals surface area contributed by atoms with Gasteiger partial charge in [-0.05, 0) is 67.3 Å². The Morgan fingerprint density at radius 3 is 2.18 bits per heavy atom. The number of aryl methyl sites for hydroxylation is 1. The molecule has 0 unspecified atom stereocenters. The van der Waals surface area contributed by atoms with Gasteiger partial charge >= 0.3 is 0 Å². The molecule has 1 N–H and O–H groups in total. The Morgan fingerprint density at radius 2 is 1.59 bits per heavy atom.